The first-order valence-electron chi connectivity index (χ1n) is 8.85. The Kier molecular flexibility index (Phi) is 5.91. The van der Waals surface area contributed by atoms with Gasteiger partial charge in [0.25, 0.3) is 0 Å². The van der Waals surface area contributed by atoms with Crippen LogP contribution < -0.4 is 9.62 Å². The zero-order valence-electron chi connectivity index (χ0n) is 15.6. The van der Waals surface area contributed by atoms with Gasteiger partial charge < -0.3 is 5.32 Å². The maximum Gasteiger partial charge on any atom is 0.248 e. The van der Waals surface area contributed by atoms with E-state index in [0.29, 0.717) is 22.8 Å². The third-order valence-electron chi connectivity index (χ3n) is 4.46. The Morgan fingerprint density at radius 1 is 1.04 bits per heavy atom. The van der Waals surface area contributed by atoms with Crippen LogP contribution in [0.15, 0.2) is 66.7 Å². The van der Waals surface area contributed by atoms with E-state index in [1.807, 2.05) is 36.4 Å². The monoisotopic (exact) mass is 416 g/mol. The average molecular weight is 417 g/mol. The lowest BCUT2D eigenvalue weighted by molar-refractivity contribution is -0.117. The van der Waals surface area contributed by atoms with Crippen molar-refractivity contribution in [3.63, 3.8) is 0 Å². The van der Waals surface area contributed by atoms with Crippen LogP contribution in [0.2, 0.25) is 5.02 Å². The molecule has 0 heterocycles. The van der Waals surface area contributed by atoms with Gasteiger partial charge in [-0.3, -0.25) is 9.10 Å². The summed E-state index contributed by atoms with van der Waals surface area (Å²) in [7, 11) is -3.69. The van der Waals surface area contributed by atoms with Crippen LogP contribution in [-0.2, 0) is 14.8 Å². The summed E-state index contributed by atoms with van der Waals surface area (Å²) in [6.07, 6.45) is 1.40. The van der Waals surface area contributed by atoms with Gasteiger partial charge in [0.1, 0.15) is 6.04 Å². The SMILES string of the molecule is CCC(C(=O)Nc1cccc2ccccc12)N(c1ccc(Cl)cc1)S(C)(=O)=O. The number of sulfonamides is 1. The predicted octanol–water partition coefficient (Wildman–Crippen LogP) is 4.68. The van der Waals surface area contributed by atoms with Crippen molar-refractivity contribution in [2.24, 2.45) is 0 Å². The highest BCUT2D eigenvalue weighted by Gasteiger charge is 2.31. The molecule has 0 bridgehead atoms. The summed E-state index contributed by atoms with van der Waals surface area (Å²) < 4.78 is 26.1. The van der Waals surface area contributed by atoms with Gasteiger partial charge in [0.05, 0.1) is 11.9 Å². The first-order valence-corrected chi connectivity index (χ1v) is 11.1. The van der Waals surface area contributed by atoms with Crippen LogP contribution in [0.3, 0.4) is 0 Å². The van der Waals surface area contributed by atoms with Gasteiger partial charge in [0.2, 0.25) is 15.9 Å². The molecular formula is C21H21ClN2O3S. The summed E-state index contributed by atoms with van der Waals surface area (Å²) >= 11 is 5.92. The van der Waals surface area contributed by atoms with E-state index in [1.165, 1.54) is 0 Å². The lowest BCUT2D eigenvalue weighted by Crippen LogP contribution is -2.47. The number of hydrogen-bond donors (Lipinski definition) is 1. The molecule has 1 atom stereocenters. The number of nitrogens with one attached hydrogen (secondary N) is 1. The van der Waals surface area contributed by atoms with E-state index < -0.39 is 16.1 Å². The molecule has 0 aliphatic rings. The predicted molar refractivity (Wildman–Crippen MR) is 115 cm³/mol. The highest BCUT2D eigenvalue weighted by Crippen LogP contribution is 2.27. The van der Waals surface area contributed by atoms with E-state index in [0.717, 1.165) is 21.3 Å². The molecule has 0 spiro atoms. The Morgan fingerprint density at radius 3 is 2.32 bits per heavy atom. The Balaban J connectivity index is 1.97. The topological polar surface area (TPSA) is 66.5 Å². The van der Waals surface area contributed by atoms with Crippen molar-refractivity contribution in [2.75, 3.05) is 15.9 Å². The Bertz CT molecular complexity index is 1090. The Hall–Kier alpha value is -2.57. The molecular weight excluding hydrogens is 396 g/mol. The third kappa shape index (κ3) is 4.29. The molecule has 0 radical (unpaired) electrons. The second-order valence-electron chi connectivity index (χ2n) is 6.48. The Morgan fingerprint density at radius 2 is 1.68 bits per heavy atom. The molecule has 7 heteroatoms. The van der Waals surface area contributed by atoms with Gasteiger partial charge in [-0.1, -0.05) is 54.9 Å². The van der Waals surface area contributed by atoms with Crippen LogP contribution in [0.1, 0.15) is 13.3 Å². The van der Waals surface area contributed by atoms with Crippen molar-refractivity contribution < 1.29 is 13.2 Å². The summed E-state index contributed by atoms with van der Waals surface area (Å²) in [5, 5.41) is 5.28. The van der Waals surface area contributed by atoms with E-state index in [2.05, 4.69) is 5.32 Å². The van der Waals surface area contributed by atoms with Crippen LogP contribution >= 0.6 is 11.6 Å². The lowest BCUT2D eigenvalue weighted by Gasteiger charge is -2.30. The van der Waals surface area contributed by atoms with Gasteiger partial charge in [-0.2, -0.15) is 0 Å². The number of anilines is 2. The fraction of sp³-hybridized carbons (Fsp3) is 0.190. The van der Waals surface area contributed by atoms with Gasteiger partial charge in [-0.15, -0.1) is 0 Å². The van der Waals surface area contributed by atoms with Crippen molar-refractivity contribution in [2.45, 2.75) is 19.4 Å². The molecule has 1 unspecified atom stereocenters. The molecule has 0 fully saturated rings. The number of benzene rings is 3. The number of hydrogen-bond acceptors (Lipinski definition) is 3. The zero-order chi connectivity index (χ0) is 20.3. The number of halogens is 1. The summed E-state index contributed by atoms with van der Waals surface area (Å²) in [6.45, 7) is 1.78. The number of carbonyl (C=O) groups excluding carboxylic acids is 1. The minimum absolute atomic E-state index is 0.312. The number of carbonyl (C=O) groups is 1. The number of amides is 1. The minimum Gasteiger partial charge on any atom is -0.324 e. The largest absolute Gasteiger partial charge is 0.324 e. The minimum atomic E-state index is -3.69. The van der Waals surface area contributed by atoms with Crippen LogP contribution in [-0.4, -0.2) is 26.6 Å². The summed E-state index contributed by atoms with van der Waals surface area (Å²) in [5.41, 5.74) is 1.04. The molecule has 0 aliphatic heterocycles. The zero-order valence-corrected chi connectivity index (χ0v) is 17.2. The highest BCUT2D eigenvalue weighted by atomic mass is 35.5. The molecule has 28 heavy (non-hydrogen) atoms. The Labute approximate surface area is 170 Å². The van der Waals surface area contributed by atoms with Crippen LogP contribution in [0, 0.1) is 0 Å². The van der Waals surface area contributed by atoms with E-state index in [4.69, 9.17) is 11.6 Å². The fourth-order valence-corrected chi connectivity index (χ4v) is 4.54. The molecule has 3 rings (SSSR count). The molecule has 1 N–H and O–H groups in total. The van der Waals surface area contributed by atoms with Gasteiger partial charge in [-0.05, 0) is 42.1 Å². The third-order valence-corrected chi connectivity index (χ3v) is 5.89. The van der Waals surface area contributed by atoms with Gasteiger partial charge >= 0.3 is 0 Å². The summed E-state index contributed by atoms with van der Waals surface area (Å²) in [5.74, 6) is -0.390. The van der Waals surface area contributed by atoms with Crippen LogP contribution in [0.5, 0.6) is 0 Å². The van der Waals surface area contributed by atoms with Gasteiger partial charge in [0, 0.05) is 16.1 Å². The maximum absolute atomic E-state index is 13.1. The highest BCUT2D eigenvalue weighted by molar-refractivity contribution is 7.92. The number of fused-ring (bicyclic) bond motifs is 1. The lowest BCUT2D eigenvalue weighted by atomic mass is 10.1. The van der Waals surface area contributed by atoms with Crippen LogP contribution in [0.4, 0.5) is 11.4 Å². The van der Waals surface area contributed by atoms with Crippen molar-refractivity contribution in [1.82, 2.24) is 0 Å². The van der Waals surface area contributed by atoms with Gasteiger partial charge in [0.15, 0.2) is 0 Å². The molecule has 0 aromatic heterocycles. The number of rotatable bonds is 6. The molecule has 1 amide bonds. The van der Waals surface area contributed by atoms with Crippen molar-refractivity contribution >= 4 is 49.7 Å². The average Bonchev–Trinajstić information content (AvgIpc) is 2.66. The molecule has 0 aliphatic carbocycles. The quantitative estimate of drug-likeness (QED) is 0.634. The first-order chi connectivity index (χ1) is 13.3. The summed E-state index contributed by atoms with van der Waals surface area (Å²) in [6, 6.07) is 18.8. The smallest absolute Gasteiger partial charge is 0.248 e. The van der Waals surface area contributed by atoms with E-state index >= 15 is 0 Å². The molecule has 3 aromatic rings. The van der Waals surface area contributed by atoms with E-state index in [-0.39, 0.29) is 5.91 Å². The molecule has 0 saturated heterocycles. The second-order valence-corrected chi connectivity index (χ2v) is 8.77. The molecule has 0 saturated carbocycles. The van der Waals surface area contributed by atoms with Gasteiger partial charge in [-0.25, -0.2) is 8.42 Å². The maximum atomic E-state index is 13.1. The van der Waals surface area contributed by atoms with E-state index in [1.54, 1.807) is 37.3 Å². The number of nitrogens with zero attached hydrogens (tertiary/aromatic N) is 1. The van der Waals surface area contributed by atoms with Crippen molar-refractivity contribution in [1.29, 1.82) is 0 Å². The van der Waals surface area contributed by atoms with E-state index in [9.17, 15) is 13.2 Å². The molecule has 5 nitrogen and oxygen atoms in total. The van der Waals surface area contributed by atoms with Crippen LogP contribution in [0.25, 0.3) is 10.8 Å². The second kappa shape index (κ2) is 8.20. The first kappa shape index (κ1) is 20.2. The van der Waals surface area contributed by atoms with Crippen molar-refractivity contribution in [3.8, 4) is 0 Å². The standard InChI is InChI=1S/C21H21ClN2O3S/c1-3-20(24(28(2,26)27)17-13-11-16(22)12-14-17)21(25)23-19-10-6-8-15-7-4-5-9-18(15)19/h4-14,20H,3H2,1-2H3,(H,23,25). The normalized spacial score (nSPS) is 12.5. The fourth-order valence-electron chi connectivity index (χ4n) is 3.20. The van der Waals surface area contributed by atoms with Crippen molar-refractivity contribution in [3.05, 3.63) is 71.8 Å². The molecule has 146 valence electrons. The molecule has 3 aromatic carbocycles. The summed E-state index contributed by atoms with van der Waals surface area (Å²) in [4.78, 5) is 13.1.